The maximum Gasteiger partial charge on any atom is 0.407 e. The maximum absolute atomic E-state index is 14.3. The Bertz CT molecular complexity index is 1020. The standard InChI is InChI=1S/C37H67NO8/c1-15-19-23-45-31(41)37(14,34(9,10)20-16-2)35(11,12)36(13,21-17-3)28(33(7,8)18-4)30(40)44-25-26-46-32(42)38-22-24-43-29(39)27(5)6/h28H,5,15-26H2,1-4,6-14H3,(H,38,42). The fourth-order valence-corrected chi connectivity index (χ4v) is 7.09. The molecule has 0 aromatic carbocycles. The number of hydrogen-bond donors (Lipinski definition) is 1. The van der Waals surface area contributed by atoms with Gasteiger partial charge in [0.15, 0.2) is 0 Å². The first-order chi connectivity index (χ1) is 21.2. The Morgan fingerprint density at radius 1 is 0.717 bits per heavy atom. The Labute approximate surface area is 280 Å². The fraction of sp³-hybridized carbons (Fsp3) is 0.838. The van der Waals surface area contributed by atoms with Gasteiger partial charge in [0.2, 0.25) is 0 Å². The smallest absolute Gasteiger partial charge is 0.407 e. The second-order valence-corrected chi connectivity index (χ2v) is 15.0. The lowest BCUT2D eigenvalue weighted by Gasteiger charge is -2.62. The van der Waals surface area contributed by atoms with Crippen LogP contribution in [0.2, 0.25) is 0 Å². The molecule has 9 nitrogen and oxygen atoms in total. The first-order valence-corrected chi connectivity index (χ1v) is 17.2. The van der Waals surface area contributed by atoms with Gasteiger partial charge in [0.25, 0.3) is 0 Å². The van der Waals surface area contributed by atoms with Crippen molar-refractivity contribution in [1.82, 2.24) is 5.32 Å². The molecular weight excluding hydrogens is 586 g/mol. The van der Waals surface area contributed by atoms with Gasteiger partial charge in [0.1, 0.15) is 19.8 Å². The van der Waals surface area contributed by atoms with E-state index in [1.807, 2.05) is 6.92 Å². The van der Waals surface area contributed by atoms with E-state index in [2.05, 4.69) is 88.1 Å². The Balaban J connectivity index is 6.32. The van der Waals surface area contributed by atoms with E-state index >= 15 is 0 Å². The van der Waals surface area contributed by atoms with Crippen LogP contribution in [0.15, 0.2) is 12.2 Å². The molecule has 0 rings (SSSR count). The molecule has 1 amide bonds. The number of rotatable bonds is 22. The van der Waals surface area contributed by atoms with Gasteiger partial charge < -0.3 is 24.3 Å². The van der Waals surface area contributed by atoms with Gasteiger partial charge in [-0.15, -0.1) is 0 Å². The molecule has 46 heavy (non-hydrogen) atoms. The number of carbonyl (C=O) groups is 4. The Hall–Kier alpha value is -2.58. The third-order valence-corrected chi connectivity index (χ3v) is 10.9. The zero-order valence-corrected chi connectivity index (χ0v) is 31.5. The average molecular weight is 654 g/mol. The van der Waals surface area contributed by atoms with E-state index in [-0.39, 0.29) is 43.9 Å². The Morgan fingerprint density at radius 3 is 1.78 bits per heavy atom. The Morgan fingerprint density at radius 2 is 1.28 bits per heavy atom. The summed E-state index contributed by atoms with van der Waals surface area (Å²) in [5, 5.41) is 2.50. The quantitative estimate of drug-likeness (QED) is 0.0535. The highest BCUT2D eigenvalue weighted by Crippen LogP contribution is 2.66. The van der Waals surface area contributed by atoms with E-state index in [4.69, 9.17) is 18.9 Å². The SMILES string of the molecule is C=C(C)C(=O)OCCNC(=O)OCCOC(=O)C(C(C)(C)CC)C(C)(CCC)C(C)(C)C(C)(C(=O)OCCCC)C(C)(C)CCC. The van der Waals surface area contributed by atoms with Crippen LogP contribution < -0.4 is 5.32 Å². The summed E-state index contributed by atoms with van der Waals surface area (Å²) in [6, 6.07) is 0. The van der Waals surface area contributed by atoms with E-state index in [0.29, 0.717) is 19.4 Å². The fourth-order valence-electron chi connectivity index (χ4n) is 7.09. The number of carbonyl (C=O) groups excluding carboxylic acids is 4. The van der Waals surface area contributed by atoms with Gasteiger partial charge in [-0.2, -0.15) is 0 Å². The van der Waals surface area contributed by atoms with Gasteiger partial charge in [-0.25, -0.2) is 9.59 Å². The van der Waals surface area contributed by atoms with Gasteiger partial charge in [-0.05, 0) is 54.8 Å². The van der Waals surface area contributed by atoms with Crippen molar-refractivity contribution in [3.8, 4) is 0 Å². The number of amides is 1. The van der Waals surface area contributed by atoms with Crippen LogP contribution >= 0.6 is 0 Å². The minimum absolute atomic E-state index is 0.0184. The normalized spacial score (nSPS) is 15.5. The maximum atomic E-state index is 14.3. The van der Waals surface area contributed by atoms with Crippen molar-refractivity contribution in [1.29, 1.82) is 0 Å². The van der Waals surface area contributed by atoms with Crippen molar-refractivity contribution in [2.24, 2.45) is 33.0 Å². The number of unbranched alkanes of at least 4 members (excludes halogenated alkanes) is 1. The van der Waals surface area contributed by atoms with Crippen LogP contribution in [0.3, 0.4) is 0 Å². The first-order valence-electron chi connectivity index (χ1n) is 17.2. The van der Waals surface area contributed by atoms with Crippen LogP contribution in [0.5, 0.6) is 0 Å². The molecule has 0 fully saturated rings. The minimum Gasteiger partial charge on any atom is -0.465 e. The highest BCUT2D eigenvalue weighted by atomic mass is 16.6. The summed E-state index contributed by atoms with van der Waals surface area (Å²) in [7, 11) is 0. The van der Waals surface area contributed by atoms with Crippen LogP contribution in [0.1, 0.15) is 135 Å². The van der Waals surface area contributed by atoms with Crippen molar-refractivity contribution in [3.05, 3.63) is 12.2 Å². The third kappa shape index (κ3) is 10.5. The zero-order valence-electron chi connectivity index (χ0n) is 31.5. The number of esters is 3. The lowest BCUT2D eigenvalue weighted by molar-refractivity contribution is -0.208. The lowest BCUT2D eigenvalue weighted by Crippen LogP contribution is -2.63. The lowest BCUT2D eigenvalue weighted by atomic mass is 9.40. The molecule has 0 aliphatic rings. The van der Waals surface area contributed by atoms with Crippen molar-refractivity contribution < 1.29 is 38.1 Å². The number of ether oxygens (including phenoxy) is 4. The molecule has 0 spiro atoms. The van der Waals surface area contributed by atoms with Crippen LogP contribution in [-0.2, 0) is 33.3 Å². The van der Waals surface area contributed by atoms with Crippen LogP contribution in [0, 0.1) is 33.0 Å². The summed E-state index contributed by atoms with van der Waals surface area (Å²) in [5.74, 6) is -1.70. The van der Waals surface area contributed by atoms with Gasteiger partial charge >= 0.3 is 24.0 Å². The third-order valence-electron chi connectivity index (χ3n) is 10.9. The summed E-state index contributed by atoms with van der Waals surface area (Å²) in [6.07, 6.45) is 4.96. The molecule has 0 aromatic rings. The second-order valence-electron chi connectivity index (χ2n) is 15.0. The van der Waals surface area contributed by atoms with Crippen molar-refractivity contribution >= 4 is 24.0 Å². The summed E-state index contributed by atoms with van der Waals surface area (Å²) in [5.41, 5.74) is -2.96. The van der Waals surface area contributed by atoms with Gasteiger partial charge in [0, 0.05) is 5.57 Å². The van der Waals surface area contributed by atoms with Crippen molar-refractivity contribution in [3.63, 3.8) is 0 Å². The van der Waals surface area contributed by atoms with Crippen molar-refractivity contribution in [2.45, 2.75) is 135 Å². The predicted molar refractivity (Wildman–Crippen MR) is 183 cm³/mol. The minimum atomic E-state index is -0.935. The summed E-state index contributed by atoms with van der Waals surface area (Å²) < 4.78 is 22.0. The molecule has 268 valence electrons. The summed E-state index contributed by atoms with van der Waals surface area (Å²) >= 11 is 0. The van der Waals surface area contributed by atoms with Crippen LogP contribution in [0.25, 0.3) is 0 Å². The van der Waals surface area contributed by atoms with E-state index in [9.17, 15) is 19.2 Å². The molecule has 0 aromatic heterocycles. The average Bonchev–Trinajstić information content (AvgIpc) is 2.96. The number of alkyl carbamates (subject to hydrolysis) is 1. The van der Waals surface area contributed by atoms with Crippen LogP contribution in [0.4, 0.5) is 4.79 Å². The predicted octanol–water partition coefficient (Wildman–Crippen LogP) is 8.44. The van der Waals surface area contributed by atoms with Crippen molar-refractivity contribution in [2.75, 3.05) is 33.0 Å². The molecule has 9 heteroatoms. The van der Waals surface area contributed by atoms with E-state index in [1.54, 1.807) is 0 Å². The van der Waals surface area contributed by atoms with Gasteiger partial charge in [0.05, 0.1) is 24.5 Å². The first kappa shape index (κ1) is 43.4. The Kier molecular flexibility index (Phi) is 17.6. The molecule has 0 radical (unpaired) electrons. The monoisotopic (exact) mass is 653 g/mol. The number of hydrogen-bond acceptors (Lipinski definition) is 8. The zero-order chi connectivity index (χ0) is 36.0. The van der Waals surface area contributed by atoms with E-state index in [0.717, 1.165) is 32.1 Å². The van der Waals surface area contributed by atoms with E-state index in [1.165, 1.54) is 6.92 Å². The molecule has 0 aliphatic carbocycles. The number of nitrogens with one attached hydrogen (secondary N) is 1. The molecule has 0 heterocycles. The highest BCUT2D eigenvalue weighted by Gasteiger charge is 2.67. The molecule has 0 aliphatic heterocycles. The van der Waals surface area contributed by atoms with Crippen LogP contribution in [-0.4, -0.2) is 57.0 Å². The molecular formula is C37H67NO8. The second kappa shape index (κ2) is 18.7. The highest BCUT2D eigenvalue weighted by molar-refractivity contribution is 5.87. The molecule has 0 saturated carbocycles. The molecule has 0 bridgehead atoms. The van der Waals surface area contributed by atoms with Gasteiger partial charge in [-0.3, -0.25) is 9.59 Å². The topological polar surface area (TPSA) is 117 Å². The summed E-state index contributed by atoms with van der Waals surface area (Å²) in [4.78, 5) is 52.1. The van der Waals surface area contributed by atoms with E-state index < -0.39 is 45.1 Å². The molecule has 3 atom stereocenters. The summed E-state index contributed by atoms with van der Waals surface area (Å²) in [6.45, 7) is 30.5. The molecule has 0 saturated heterocycles. The molecule has 1 N–H and O–H groups in total. The van der Waals surface area contributed by atoms with Gasteiger partial charge in [-0.1, -0.05) is 108 Å². The molecule has 3 unspecified atom stereocenters. The largest absolute Gasteiger partial charge is 0.465 e.